The van der Waals surface area contributed by atoms with Crippen molar-refractivity contribution in [2.75, 3.05) is 39.3 Å². The van der Waals surface area contributed by atoms with Gasteiger partial charge in [-0.15, -0.1) is 0 Å². The van der Waals surface area contributed by atoms with Crippen molar-refractivity contribution in [3.05, 3.63) is 35.4 Å². The molecule has 0 unspecified atom stereocenters. The first-order chi connectivity index (χ1) is 12.1. The zero-order chi connectivity index (χ0) is 17.7. The number of nitrogens with one attached hydrogen (secondary N) is 1. The molecule has 4 heteroatoms. The Balaban J connectivity index is 1.65. The Kier molecular flexibility index (Phi) is 6.13. The normalized spacial score (nSPS) is 21.8. The third kappa shape index (κ3) is 4.42. The van der Waals surface area contributed by atoms with Crippen LogP contribution in [0.5, 0.6) is 0 Å². The maximum atomic E-state index is 12.6. The van der Waals surface area contributed by atoms with Crippen LogP contribution in [0.1, 0.15) is 54.9 Å². The molecule has 2 fully saturated rings. The number of rotatable bonds is 5. The van der Waals surface area contributed by atoms with E-state index in [4.69, 9.17) is 0 Å². The van der Waals surface area contributed by atoms with E-state index in [1.807, 2.05) is 31.2 Å². The molecule has 138 valence electrons. The fraction of sp³-hybridized carbons (Fsp3) is 0.667. The van der Waals surface area contributed by atoms with Crippen LogP contribution in [0.25, 0.3) is 0 Å². The maximum absolute atomic E-state index is 12.6. The van der Waals surface area contributed by atoms with Gasteiger partial charge in [0.1, 0.15) is 0 Å². The molecule has 1 aromatic carbocycles. The predicted molar refractivity (Wildman–Crippen MR) is 103 cm³/mol. The first kappa shape index (κ1) is 18.4. The van der Waals surface area contributed by atoms with Gasteiger partial charge < -0.3 is 10.2 Å². The molecule has 0 radical (unpaired) electrons. The summed E-state index contributed by atoms with van der Waals surface area (Å²) >= 11 is 0. The summed E-state index contributed by atoms with van der Waals surface area (Å²) in [6.07, 6.45) is 6.34. The number of hydrogen-bond acceptors (Lipinski definition) is 3. The molecule has 0 aromatic heterocycles. The molecule has 3 rings (SSSR count). The number of likely N-dealkylation sites (N-methyl/N-ethyl adjacent to an activating group) is 1. The molecule has 1 aliphatic heterocycles. The predicted octanol–water partition coefficient (Wildman–Crippen LogP) is 3.07. The van der Waals surface area contributed by atoms with Gasteiger partial charge in [0, 0.05) is 43.8 Å². The lowest BCUT2D eigenvalue weighted by Crippen LogP contribution is -2.61. The van der Waals surface area contributed by atoms with E-state index in [0.29, 0.717) is 0 Å². The smallest absolute Gasteiger partial charge is 0.251 e. The highest BCUT2D eigenvalue weighted by atomic mass is 16.1. The Morgan fingerprint density at radius 3 is 2.48 bits per heavy atom. The van der Waals surface area contributed by atoms with Crippen LogP contribution in [0.2, 0.25) is 0 Å². The van der Waals surface area contributed by atoms with Crippen molar-refractivity contribution >= 4 is 5.91 Å². The van der Waals surface area contributed by atoms with E-state index in [-0.39, 0.29) is 11.4 Å². The average molecular weight is 344 g/mol. The van der Waals surface area contributed by atoms with Gasteiger partial charge in [-0.2, -0.15) is 0 Å². The minimum atomic E-state index is 0.0702. The molecular formula is C21H33N3O. The minimum Gasteiger partial charge on any atom is -0.350 e. The summed E-state index contributed by atoms with van der Waals surface area (Å²) in [5, 5.41) is 3.27. The second kappa shape index (κ2) is 8.33. The number of piperazine rings is 1. The molecule has 1 saturated heterocycles. The Morgan fingerprint density at radius 2 is 1.84 bits per heavy atom. The standard InChI is InChI=1S/C21H33N3O/c1-3-23-12-14-24(15-13-23)21(10-5-4-6-11-21)17-22-20(25)19-9-7-8-18(2)16-19/h7-9,16H,3-6,10-15,17H2,1-2H3,(H,22,25). The number of carbonyl (C=O) groups excluding carboxylic acids is 1. The monoisotopic (exact) mass is 343 g/mol. The Bertz CT molecular complexity index is 572. The molecule has 0 bridgehead atoms. The fourth-order valence-electron chi connectivity index (χ4n) is 4.49. The molecule has 1 aliphatic carbocycles. The van der Waals surface area contributed by atoms with Crippen LogP contribution in [0.3, 0.4) is 0 Å². The summed E-state index contributed by atoms with van der Waals surface area (Å²) in [6, 6.07) is 7.88. The van der Waals surface area contributed by atoms with Crippen LogP contribution in [-0.4, -0.2) is 60.5 Å². The zero-order valence-electron chi connectivity index (χ0n) is 15.9. The molecule has 25 heavy (non-hydrogen) atoms. The number of nitrogens with zero attached hydrogens (tertiary/aromatic N) is 2. The van der Waals surface area contributed by atoms with Crippen LogP contribution < -0.4 is 5.32 Å². The topological polar surface area (TPSA) is 35.6 Å². The molecule has 2 aliphatic rings. The molecule has 0 spiro atoms. The lowest BCUT2D eigenvalue weighted by Gasteiger charge is -2.50. The summed E-state index contributed by atoms with van der Waals surface area (Å²) in [5.74, 6) is 0.0702. The highest BCUT2D eigenvalue weighted by Crippen LogP contribution is 2.34. The largest absolute Gasteiger partial charge is 0.350 e. The van der Waals surface area contributed by atoms with Crippen molar-refractivity contribution in [3.8, 4) is 0 Å². The van der Waals surface area contributed by atoms with Gasteiger partial charge in [0.25, 0.3) is 5.91 Å². The number of amides is 1. The molecule has 1 amide bonds. The van der Waals surface area contributed by atoms with E-state index in [1.54, 1.807) is 0 Å². The number of hydrogen-bond donors (Lipinski definition) is 1. The molecule has 1 heterocycles. The van der Waals surface area contributed by atoms with E-state index < -0.39 is 0 Å². The molecule has 1 N–H and O–H groups in total. The number of carbonyl (C=O) groups is 1. The fourth-order valence-corrected chi connectivity index (χ4v) is 4.49. The lowest BCUT2D eigenvalue weighted by molar-refractivity contribution is 0.00924. The zero-order valence-corrected chi connectivity index (χ0v) is 15.9. The lowest BCUT2D eigenvalue weighted by atomic mass is 9.79. The van der Waals surface area contributed by atoms with E-state index >= 15 is 0 Å². The van der Waals surface area contributed by atoms with Crippen LogP contribution in [-0.2, 0) is 0 Å². The minimum absolute atomic E-state index is 0.0702. The molecular weight excluding hydrogens is 310 g/mol. The second-order valence-electron chi connectivity index (χ2n) is 7.76. The highest BCUT2D eigenvalue weighted by molar-refractivity contribution is 5.94. The van der Waals surface area contributed by atoms with Gasteiger partial charge in [0.15, 0.2) is 0 Å². The molecule has 0 atom stereocenters. The maximum Gasteiger partial charge on any atom is 0.251 e. The first-order valence-electron chi connectivity index (χ1n) is 9.95. The number of benzene rings is 1. The highest BCUT2D eigenvalue weighted by Gasteiger charge is 2.39. The van der Waals surface area contributed by atoms with E-state index in [9.17, 15) is 4.79 Å². The molecule has 1 saturated carbocycles. The first-order valence-corrected chi connectivity index (χ1v) is 9.95. The third-order valence-corrected chi connectivity index (χ3v) is 6.13. The van der Waals surface area contributed by atoms with Crippen molar-refractivity contribution in [1.29, 1.82) is 0 Å². The summed E-state index contributed by atoms with van der Waals surface area (Å²) in [4.78, 5) is 17.8. The van der Waals surface area contributed by atoms with E-state index in [2.05, 4.69) is 22.0 Å². The van der Waals surface area contributed by atoms with Crippen LogP contribution in [0, 0.1) is 6.92 Å². The van der Waals surface area contributed by atoms with Crippen molar-refractivity contribution in [1.82, 2.24) is 15.1 Å². The van der Waals surface area contributed by atoms with Crippen molar-refractivity contribution in [3.63, 3.8) is 0 Å². The Labute approximate surface area is 152 Å². The second-order valence-corrected chi connectivity index (χ2v) is 7.76. The van der Waals surface area contributed by atoms with Gasteiger partial charge in [0.2, 0.25) is 0 Å². The van der Waals surface area contributed by atoms with Gasteiger partial charge in [0.05, 0.1) is 0 Å². The van der Waals surface area contributed by atoms with Crippen LogP contribution in [0.4, 0.5) is 0 Å². The SMILES string of the molecule is CCN1CCN(C2(CNC(=O)c3cccc(C)c3)CCCCC2)CC1. The van der Waals surface area contributed by atoms with Crippen molar-refractivity contribution in [2.24, 2.45) is 0 Å². The molecule has 4 nitrogen and oxygen atoms in total. The van der Waals surface area contributed by atoms with Gasteiger partial charge in [-0.1, -0.05) is 43.9 Å². The van der Waals surface area contributed by atoms with Crippen LogP contribution in [0.15, 0.2) is 24.3 Å². The van der Waals surface area contributed by atoms with Crippen molar-refractivity contribution in [2.45, 2.75) is 51.5 Å². The van der Waals surface area contributed by atoms with E-state index in [1.165, 1.54) is 32.1 Å². The van der Waals surface area contributed by atoms with Gasteiger partial charge in [-0.05, 0) is 38.4 Å². The summed E-state index contributed by atoms with van der Waals surface area (Å²) in [5.41, 5.74) is 2.08. The molecule has 1 aromatic rings. The van der Waals surface area contributed by atoms with E-state index in [0.717, 1.165) is 50.4 Å². The third-order valence-electron chi connectivity index (χ3n) is 6.13. The van der Waals surface area contributed by atoms with Crippen LogP contribution >= 0.6 is 0 Å². The summed E-state index contributed by atoms with van der Waals surface area (Å²) in [6.45, 7) is 10.8. The van der Waals surface area contributed by atoms with Crippen molar-refractivity contribution < 1.29 is 4.79 Å². The van der Waals surface area contributed by atoms with Gasteiger partial charge in [-0.3, -0.25) is 9.69 Å². The summed E-state index contributed by atoms with van der Waals surface area (Å²) < 4.78 is 0. The quantitative estimate of drug-likeness (QED) is 0.892. The Morgan fingerprint density at radius 1 is 1.12 bits per heavy atom. The average Bonchev–Trinajstić information content (AvgIpc) is 2.67. The van der Waals surface area contributed by atoms with Gasteiger partial charge in [-0.25, -0.2) is 0 Å². The Hall–Kier alpha value is -1.39. The van der Waals surface area contributed by atoms with Gasteiger partial charge >= 0.3 is 0 Å². The summed E-state index contributed by atoms with van der Waals surface area (Å²) in [7, 11) is 0. The number of aryl methyl sites for hydroxylation is 1.